The number of benzene rings is 1. The fourth-order valence-electron chi connectivity index (χ4n) is 5.35. The second-order valence-corrected chi connectivity index (χ2v) is 9.24. The van der Waals surface area contributed by atoms with E-state index in [9.17, 15) is 4.57 Å². The Balaban J connectivity index is 1.71. The zero-order valence-electron chi connectivity index (χ0n) is 14.0. The Labute approximate surface area is 152 Å². The Hall–Kier alpha value is -0.840. The minimum Gasteiger partial charge on any atom is -0.404 e. The van der Waals surface area contributed by atoms with E-state index in [1.165, 1.54) is 30.9 Å². The molecule has 4 saturated carbocycles. The van der Waals surface area contributed by atoms with Gasteiger partial charge >= 0.3 is 7.82 Å². The van der Waals surface area contributed by atoms with Crippen LogP contribution >= 0.6 is 19.4 Å². The van der Waals surface area contributed by atoms with Gasteiger partial charge in [0.15, 0.2) is 0 Å². The number of rotatable bonds is 4. The van der Waals surface area contributed by atoms with Crippen molar-refractivity contribution in [2.24, 2.45) is 17.8 Å². The van der Waals surface area contributed by atoms with Crippen LogP contribution in [0.3, 0.4) is 0 Å². The Morgan fingerprint density at radius 2 is 1.88 bits per heavy atom. The van der Waals surface area contributed by atoms with Crippen LogP contribution in [0.15, 0.2) is 23.8 Å². The number of hydrogen-bond acceptors (Lipinski definition) is 3. The van der Waals surface area contributed by atoms with Crippen molar-refractivity contribution in [2.45, 2.75) is 37.7 Å². The van der Waals surface area contributed by atoms with Crippen LogP contribution in [0.4, 0.5) is 0 Å². The maximum absolute atomic E-state index is 11.1. The van der Waals surface area contributed by atoms with Gasteiger partial charge in [0.05, 0.1) is 5.60 Å². The molecule has 0 amide bonds. The first kappa shape index (κ1) is 17.6. The molecule has 0 aliphatic heterocycles. The van der Waals surface area contributed by atoms with Crippen LogP contribution in [-0.2, 0) is 9.30 Å². The molecule has 0 heterocycles. The van der Waals surface area contributed by atoms with E-state index in [4.69, 9.17) is 30.6 Å². The minimum absolute atomic E-state index is 0.0722. The van der Waals surface area contributed by atoms with Gasteiger partial charge in [-0.3, -0.25) is 9.79 Å². The zero-order valence-corrected chi connectivity index (χ0v) is 15.7. The van der Waals surface area contributed by atoms with Crippen molar-refractivity contribution in [3.05, 3.63) is 34.4 Å². The van der Waals surface area contributed by atoms with Crippen LogP contribution in [0.2, 0.25) is 5.02 Å². The van der Waals surface area contributed by atoms with Crippen LogP contribution < -0.4 is 4.52 Å². The van der Waals surface area contributed by atoms with Crippen molar-refractivity contribution in [3.8, 4) is 5.75 Å². The summed E-state index contributed by atoms with van der Waals surface area (Å²) in [7, 11) is -2.82. The highest BCUT2D eigenvalue weighted by atomic mass is 35.5. The largest absolute Gasteiger partial charge is 0.524 e. The molecule has 5 rings (SSSR count). The monoisotopic (exact) mass is 384 g/mol. The second-order valence-electron chi connectivity index (χ2n) is 7.64. The molecule has 4 bridgehead atoms. The predicted molar refractivity (Wildman–Crippen MR) is 95.4 cm³/mol. The van der Waals surface area contributed by atoms with E-state index in [1.54, 1.807) is 19.2 Å². The average Bonchev–Trinajstić information content (AvgIpc) is 2.48. The summed E-state index contributed by atoms with van der Waals surface area (Å²) in [5, 5.41) is 0.382. The highest BCUT2D eigenvalue weighted by molar-refractivity contribution is 7.46. The van der Waals surface area contributed by atoms with E-state index >= 15 is 0 Å². The van der Waals surface area contributed by atoms with Crippen LogP contribution in [-0.4, -0.2) is 22.5 Å². The standard InChI is InChI=1S/C18H22ClO5P/c1-23-18-9-12-2-13(10-18)4-14(3-12)17(18)7-11-5-15(19)8-16(6-11)24-25(20,21)22/h5-8,12-14H,2-4,9-10H2,1H3,(H2,20,21,22). The molecule has 2 N–H and O–H groups in total. The van der Waals surface area contributed by atoms with E-state index in [-0.39, 0.29) is 11.4 Å². The average molecular weight is 385 g/mol. The number of ether oxygens (including phenoxy) is 1. The van der Waals surface area contributed by atoms with Gasteiger partial charge in [-0.25, -0.2) is 4.57 Å². The van der Waals surface area contributed by atoms with Crippen molar-refractivity contribution in [1.29, 1.82) is 0 Å². The van der Waals surface area contributed by atoms with Gasteiger partial charge in [0.1, 0.15) is 5.75 Å². The maximum Gasteiger partial charge on any atom is 0.524 e. The number of methoxy groups -OCH3 is 1. The molecular formula is C18H22ClO5P. The third kappa shape index (κ3) is 3.41. The van der Waals surface area contributed by atoms with Gasteiger partial charge in [0.25, 0.3) is 0 Å². The van der Waals surface area contributed by atoms with Crippen molar-refractivity contribution in [2.75, 3.05) is 7.11 Å². The summed E-state index contributed by atoms with van der Waals surface area (Å²) in [6, 6.07) is 4.81. The van der Waals surface area contributed by atoms with Gasteiger partial charge in [-0.15, -0.1) is 0 Å². The van der Waals surface area contributed by atoms with Gasteiger partial charge in [-0.1, -0.05) is 17.7 Å². The molecule has 4 aliphatic rings. The number of phosphoric ester groups is 1. The first-order valence-corrected chi connectivity index (χ1v) is 10.5. The molecule has 0 aromatic heterocycles. The molecule has 0 saturated heterocycles. The molecule has 2 atom stereocenters. The molecule has 0 radical (unpaired) electrons. The fourth-order valence-corrected chi connectivity index (χ4v) is 5.96. The van der Waals surface area contributed by atoms with Gasteiger partial charge in [0.2, 0.25) is 0 Å². The van der Waals surface area contributed by atoms with Gasteiger partial charge < -0.3 is 9.26 Å². The predicted octanol–water partition coefficient (Wildman–Crippen LogP) is 4.42. The van der Waals surface area contributed by atoms with E-state index in [0.717, 1.165) is 30.2 Å². The lowest BCUT2D eigenvalue weighted by molar-refractivity contribution is -0.0997. The number of hydrogen-bond donors (Lipinski definition) is 2. The van der Waals surface area contributed by atoms with E-state index in [2.05, 4.69) is 6.08 Å². The summed E-state index contributed by atoms with van der Waals surface area (Å²) < 4.78 is 21.8. The summed E-state index contributed by atoms with van der Waals surface area (Å²) in [6.07, 6.45) is 7.96. The summed E-state index contributed by atoms with van der Waals surface area (Å²) in [4.78, 5) is 18.1. The summed E-state index contributed by atoms with van der Waals surface area (Å²) in [5.74, 6) is 2.10. The highest BCUT2D eigenvalue weighted by Gasteiger charge is 2.54. The van der Waals surface area contributed by atoms with E-state index < -0.39 is 7.82 Å². The van der Waals surface area contributed by atoms with Crippen molar-refractivity contribution < 1.29 is 23.6 Å². The summed E-state index contributed by atoms with van der Waals surface area (Å²) in [6.45, 7) is 0. The third-order valence-corrected chi connectivity index (χ3v) is 6.60. The molecule has 2 unspecified atom stereocenters. The first-order chi connectivity index (χ1) is 11.8. The zero-order chi connectivity index (χ0) is 17.8. The topological polar surface area (TPSA) is 76.0 Å². The molecule has 25 heavy (non-hydrogen) atoms. The molecule has 4 aliphatic carbocycles. The summed E-state index contributed by atoms with van der Waals surface area (Å²) in [5.41, 5.74) is 1.89. The fraction of sp³-hybridized carbons (Fsp3) is 0.556. The first-order valence-electron chi connectivity index (χ1n) is 8.59. The quantitative estimate of drug-likeness (QED) is 0.751. The molecule has 5 nitrogen and oxygen atoms in total. The molecule has 4 fully saturated rings. The molecule has 1 aromatic rings. The SMILES string of the molecule is COC12CC3CC(CC(C3)C1=Cc1cc(Cl)cc(OP(=O)(O)O)c1)C2. The Morgan fingerprint density at radius 1 is 1.20 bits per heavy atom. The third-order valence-electron chi connectivity index (χ3n) is 5.94. The van der Waals surface area contributed by atoms with Crippen molar-refractivity contribution >= 4 is 25.5 Å². The van der Waals surface area contributed by atoms with Crippen LogP contribution in [0, 0.1) is 17.8 Å². The minimum atomic E-state index is -4.61. The highest BCUT2D eigenvalue weighted by Crippen LogP contribution is 2.60. The molecule has 136 valence electrons. The smallest absolute Gasteiger partial charge is 0.404 e. The lowest BCUT2D eigenvalue weighted by Crippen LogP contribution is -2.53. The second kappa shape index (κ2) is 6.11. The number of phosphoric acid groups is 1. The Morgan fingerprint density at radius 3 is 2.48 bits per heavy atom. The van der Waals surface area contributed by atoms with Crippen LogP contribution in [0.5, 0.6) is 5.75 Å². The normalized spacial score (nSPS) is 35.4. The lowest BCUT2D eigenvalue weighted by Gasteiger charge is -2.57. The van der Waals surface area contributed by atoms with E-state index in [1.807, 2.05) is 0 Å². The summed E-state index contributed by atoms with van der Waals surface area (Å²) >= 11 is 6.12. The van der Waals surface area contributed by atoms with Crippen LogP contribution in [0.25, 0.3) is 6.08 Å². The Bertz CT molecular complexity index is 757. The van der Waals surface area contributed by atoms with Crippen molar-refractivity contribution in [3.63, 3.8) is 0 Å². The van der Waals surface area contributed by atoms with Crippen molar-refractivity contribution in [1.82, 2.24) is 0 Å². The van der Waals surface area contributed by atoms with Gasteiger partial charge in [-0.2, -0.15) is 0 Å². The lowest BCUT2D eigenvalue weighted by atomic mass is 9.52. The number of halogens is 1. The van der Waals surface area contributed by atoms with Crippen LogP contribution in [0.1, 0.15) is 37.7 Å². The van der Waals surface area contributed by atoms with Gasteiger partial charge in [-0.05, 0) is 79.2 Å². The maximum atomic E-state index is 11.1. The molecular weight excluding hydrogens is 363 g/mol. The molecule has 7 heteroatoms. The van der Waals surface area contributed by atoms with Gasteiger partial charge in [0, 0.05) is 12.1 Å². The Kier molecular flexibility index (Phi) is 4.29. The van der Waals surface area contributed by atoms with E-state index in [0.29, 0.717) is 10.9 Å². The molecule has 0 spiro atoms. The molecule has 1 aromatic carbocycles.